The maximum absolute atomic E-state index is 12.3. The Balaban J connectivity index is 1.95. The van der Waals surface area contributed by atoms with Gasteiger partial charge in [0.1, 0.15) is 5.92 Å². The van der Waals surface area contributed by atoms with Crippen molar-refractivity contribution < 1.29 is 9.53 Å². The second-order valence-electron chi connectivity index (χ2n) is 5.50. The predicted molar refractivity (Wildman–Crippen MR) is 99.9 cm³/mol. The van der Waals surface area contributed by atoms with Crippen molar-refractivity contribution in [3.63, 3.8) is 0 Å². The van der Waals surface area contributed by atoms with Gasteiger partial charge in [-0.15, -0.1) is 0 Å². The molecule has 120 valence electrons. The van der Waals surface area contributed by atoms with E-state index in [2.05, 4.69) is 28.1 Å². The third kappa shape index (κ3) is 3.57. The van der Waals surface area contributed by atoms with E-state index in [1.165, 1.54) is 7.11 Å². The van der Waals surface area contributed by atoms with Gasteiger partial charge in [-0.3, -0.25) is 4.79 Å². The first-order valence-corrected chi connectivity index (χ1v) is 8.47. The fraction of sp³-hybridized carbons (Fsp3) is 0.0952. The molecule has 1 unspecified atom stereocenters. The molecule has 0 N–H and O–H groups in total. The standard InChI is InChI=1S/C21H17BrO2/c1-24-21(23)20(17-5-3-2-4-6-17)18-9-7-15(8-10-18)16-11-13-19(22)14-12-16/h2-14,20H,1H3. The Labute approximate surface area is 150 Å². The third-order valence-corrected chi connectivity index (χ3v) is 4.52. The smallest absolute Gasteiger partial charge is 0.317 e. The number of carbonyl (C=O) groups excluding carboxylic acids is 1. The fourth-order valence-corrected chi connectivity index (χ4v) is 3.00. The molecule has 0 aliphatic heterocycles. The van der Waals surface area contributed by atoms with Crippen LogP contribution in [-0.2, 0) is 9.53 Å². The molecular weight excluding hydrogens is 364 g/mol. The van der Waals surface area contributed by atoms with Crippen LogP contribution in [0.3, 0.4) is 0 Å². The topological polar surface area (TPSA) is 26.3 Å². The highest BCUT2D eigenvalue weighted by molar-refractivity contribution is 9.10. The molecule has 0 aliphatic carbocycles. The number of rotatable bonds is 4. The molecule has 0 spiro atoms. The van der Waals surface area contributed by atoms with Gasteiger partial charge in [0, 0.05) is 4.47 Å². The highest BCUT2D eigenvalue weighted by Gasteiger charge is 2.23. The van der Waals surface area contributed by atoms with Crippen molar-refractivity contribution in [3.8, 4) is 11.1 Å². The lowest BCUT2D eigenvalue weighted by atomic mass is 9.90. The van der Waals surface area contributed by atoms with E-state index in [0.717, 1.165) is 26.7 Å². The van der Waals surface area contributed by atoms with Gasteiger partial charge < -0.3 is 4.74 Å². The Morgan fingerprint density at radius 3 is 1.83 bits per heavy atom. The molecule has 0 amide bonds. The second kappa shape index (κ2) is 7.45. The molecule has 3 heteroatoms. The van der Waals surface area contributed by atoms with E-state index < -0.39 is 5.92 Å². The monoisotopic (exact) mass is 380 g/mol. The maximum Gasteiger partial charge on any atom is 0.317 e. The number of hydrogen-bond acceptors (Lipinski definition) is 2. The van der Waals surface area contributed by atoms with Gasteiger partial charge in [-0.25, -0.2) is 0 Å². The molecule has 0 aliphatic rings. The molecule has 0 radical (unpaired) electrons. The first-order valence-electron chi connectivity index (χ1n) is 7.67. The molecule has 0 saturated heterocycles. The molecular formula is C21H17BrO2. The predicted octanol–water partition coefficient (Wildman–Crippen LogP) is 5.42. The summed E-state index contributed by atoms with van der Waals surface area (Å²) in [5.41, 5.74) is 4.11. The molecule has 3 aromatic carbocycles. The molecule has 3 rings (SSSR count). The Morgan fingerprint density at radius 2 is 1.29 bits per heavy atom. The molecule has 3 aromatic rings. The lowest BCUT2D eigenvalue weighted by Gasteiger charge is -2.16. The SMILES string of the molecule is COC(=O)C(c1ccccc1)c1ccc(-c2ccc(Br)cc2)cc1. The Bertz CT molecular complexity index is 809. The number of esters is 1. The zero-order chi connectivity index (χ0) is 16.9. The van der Waals surface area contributed by atoms with Gasteiger partial charge in [0.15, 0.2) is 0 Å². The number of ether oxygens (including phenoxy) is 1. The number of halogens is 1. The van der Waals surface area contributed by atoms with Crippen molar-refractivity contribution in [1.29, 1.82) is 0 Å². The van der Waals surface area contributed by atoms with Crippen molar-refractivity contribution in [2.45, 2.75) is 5.92 Å². The summed E-state index contributed by atoms with van der Waals surface area (Å²) in [6, 6.07) is 25.9. The van der Waals surface area contributed by atoms with Crippen LogP contribution in [0.1, 0.15) is 17.0 Å². The zero-order valence-electron chi connectivity index (χ0n) is 13.3. The van der Waals surface area contributed by atoms with Crippen molar-refractivity contribution >= 4 is 21.9 Å². The molecule has 0 aromatic heterocycles. The summed E-state index contributed by atoms with van der Waals surface area (Å²) < 4.78 is 6.06. The van der Waals surface area contributed by atoms with Gasteiger partial charge in [0.2, 0.25) is 0 Å². The van der Waals surface area contributed by atoms with E-state index in [9.17, 15) is 4.79 Å². The summed E-state index contributed by atoms with van der Waals surface area (Å²) in [5.74, 6) is -0.659. The second-order valence-corrected chi connectivity index (χ2v) is 6.41. The third-order valence-electron chi connectivity index (χ3n) is 3.99. The number of hydrogen-bond donors (Lipinski definition) is 0. The highest BCUT2D eigenvalue weighted by Crippen LogP contribution is 2.29. The summed E-state index contributed by atoms with van der Waals surface area (Å²) >= 11 is 3.45. The number of methoxy groups -OCH3 is 1. The number of benzene rings is 3. The van der Waals surface area contributed by atoms with E-state index in [1.54, 1.807) is 0 Å². The molecule has 0 saturated carbocycles. The summed E-state index contributed by atoms with van der Waals surface area (Å²) in [4.78, 5) is 12.3. The number of carbonyl (C=O) groups is 1. The molecule has 2 nitrogen and oxygen atoms in total. The van der Waals surface area contributed by atoms with E-state index in [4.69, 9.17) is 4.74 Å². The largest absolute Gasteiger partial charge is 0.468 e. The minimum absolute atomic E-state index is 0.252. The van der Waals surface area contributed by atoms with Crippen molar-refractivity contribution in [1.82, 2.24) is 0 Å². The van der Waals surface area contributed by atoms with Gasteiger partial charge in [0.05, 0.1) is 7.11 Å². The minimum Gasteiger partial charge on any atom is -0.468 e. The average molecular weight is 381 g/mol. The molecule has 0 fully saturated rings. The van der Waals surface area contributed by atoms with Gasteiger partial charge in [-0.2, -0.15) is 0 Å². The highest BCUT2D eigenvalue weighted by atomic mass is 79.9. The average Bonchev–Trinajstić information content (AvgIpc) is 2.64. The van der Waals surface area contributed by atoms with Gasteiger partial charge in [-0.1, -0.05) is 82.7 Å². The molecule has 0 heterocycles. The van der Waals surface area contributed by atoms with E-state index in [0.29, 0.717) is 0 Å². The van der Waals surface area contributed by atoms with Crippen LogP contribution in [0, 0.1) is 0 Å². The van der Waals surface area contributed by atoms with Crippen LogP contribution in [0.25, 0.3) is 11.1 Å². The summed E-state index contributed by atoms with van der Waals surface area (Å²) in [5, 5.41) is 0. The quantitative estimate of drug-likeness (QED) is 0.564. The minimum atomic E-state index is -0.407. The van der Waals surface area contributed by atoms with Crippen molar-refractivity contribution in [3.05, 3.63) is 94.5 Å². The zero-order valence-corrected chi connectivity index (χ0v) is 14.9. The summed E-state index contributed by atoms with van der Waals surface area (Å²) in [6.07, 6.45) is 0. The van der Waals surface area contributed by atoms with Crippen LogP contribution in [0.15, 0.2) is 83.3 Å². The normalized spacial score (nSPS) is 11.8. The Hall–Kier alpha value is -2.39. The van der Waals surface area contributed by atoms with Gasteiger partial charge in [0.25, 0.3) is 0 Å². The first-order chi connectivity index (χ1) is 11.7. The van der Waals surface area contributed by atoms with Crippen LogP contribution in [0.2, 0.25) is 0 Å². The van der Waals surface area contributed by atoms with Gasteiger partial charge >= 0.3 is 5.97 Å². The van der Waals surface area contributed by atoms with Gasteiger partial charge in [-0.05, 0) is 34.4 Å². The maximum atomic E-state index is 12.3. The van der Waals surface area contributed by atoms with Crippen LogP contribution in [0.5, 0.6) is 0 Å². The van der Waals surface area contributed by atoms with Crippen LogP contribution in [-0.4, -0.2) is 13.1 Å². The lowest BCUT2D eigenvalue weighted by Crippen LogP contribution is -2.15. The van der Waals surface area contributed by atoms with Crippen molar-refractivity contribution in [2.24, 2.45) is 0 Å². The molecule has 1 atom stereocenters. The van der Waals surface area contributed by atoms with E-state index in [1.807, 2.05) is 66.7 Å². The first kappa shape index (κ1) is 16.5. The summed E-state index contributed by atoms with van der Waals surface area (Å²) in [6.45, 7) is 0. The van der Waals surface area contributed by atoms with Crippen LogP contribution < -0.4 is 0 Å². The van der Waals surface area contributed by atoms with E-state index >= 15 is 0 Å². The molecule has 24 heavy (non-hydrogen) atoms. The Morgan fingerprint density at radius 1 is 0.792 bits per heavy atom. The van der Waals surface area contributed by atoms with E-state index in [-0.39, 0.29) is 5.97 Å². The summed E-state index contributed by atoms with van der Waals surface area (Å²) in [7, 11) is 1.43. The van der Waals surface area contributed by atoms with Crippen molar-refractivity contribution in [2.75, 3.05) is 7.11 Å². The molecule has 0 bridgehead atoms. The van der Waals surface area contributed by atoms with Crippen LogP contribution in [0.4, 0.5) is 0 Å². The Kier molecular flexibility index (Phi) is 5.11. The van der Waals surface area contributed by atoms with Crippen LogP contribution >= 0.6 is 15.9 Å². The lowest BCUT2D eigenvalue weighted by molar-refractivity contribution is -0.141. The fourth-order valence-electron chi connectivity index (χ4n) is 2.74.